The first kappa shape index (κ1) is 14.1. The zero-order chi connectivity index (χ0) is 14.0. The van der Waals surface area contributed by atoms with Crippen LogP contribution in [0, 0.1) is 11.6 Å². The van der Waals surface area contributed by atoms with Crippen LogP contribution < -0.4 is 5.32 Å². The third kappa shape index (κ3) is 3.09. The number of nitrogens with one attached hydrogen (secondary N) is 1. The number of ether oxygens (including phenoxy) is 1. The molecule has 3 rings (SSSR count). The Morgan fingerprint density at radius 2 is 2.05 bits per heavy atom. The van der Waals surface area contributed by atoms with Crippen molar-refractivity contribution >= 4 is 17.4 Å². The standard InChI is InChI=1S/C15H19F2NOS/c16-11-1-2-14(13(17)9-11)18-12-3-6-19-15(10-12)4-7-20-8-5-15/h1-2,9,12,18H,3-8,10H2. The average Bonchev–Trinajstić information content (AvgIpc) is 2.43. The fraction of sp³-hybridized carbons (Fsp3) is 0.600. The number of hydrogen-bond acceptors (Lipinski definition) is 3. The average molecular weight is 299 g/mol. The van der Waals surface area contributed by atoms with Crippen LogP contribution in [0.5, 0.6) is 0 Å². The molecule has 2 aliphatic heterocycles. The van der Waals surface area contributed by atoms with Crippen LogP contribution in [-0.4, -0.2) is 29.8 Å². The number of anilines is 1. The van der Waals surface area contributed by atoms with Crippen LogP contribution in [0.2, 0.25) is 0 Å². The lowest BCUT2D eigenvalue weighted by molar-refractivity contribution is -0.0865. The first-order valence-electron chi connectivity index (χ1n) is 7.10. The number of rotatable bonds is 2. The zero-order valence-corrected chi connectivity index (χ0v) is 12.1. The third-order valence-electron chi connectivity index (χ3n) is 4.19. The minimum absolute atomic E-state index is 0.0301. The fourth-order valence-electron chi connectivity index (χ4n) is 3.07. The number of benzene rings is 1. The van der Waals surface area contributed by atoms with Crippen LogP contribution in [0.25, 0.3) is 0 Å². The van der Waals surface area contributed by atoms with E-state index in [9.17, 15) is 8.78 Å². The number of halogens is 2. The normalized spacial score (nSPS) is 25.6. The van der Waals surface area contributed by atoms with E-state index in [0.29, 0.717) is 12.3 Å². The monoisotopic (exact) mass is 299 g/mol. The summed E-state index contributed by atoms with van der Waals surface area (Å²) in [6, 6.07) is 3.89. The molecule has 0 aromatic heterocycles. The van der Waals surface area contributed by atoms with Crippen molar-refractivity contribution < 1.29 is 13.5 Å². The van der Waals surface area contributed by atoms with Gasteiger partial charge in [0.15, 0.2) is 0 Å². The molecule has 20 heavy (non-hydrogen) atoms. The molecule has 0 saturated carbocycles. The van der Waals surface area contributed by atoms with Crippen molar-refractivity contribution in [2.24, 2.45) is 0 Å². The highest BCUT2D eigenvalue weighted by molar-refractivity contribution is 7.99. The van der Waals surface area contributed by atoms with Crippen molar-refractivity contribution in [1.29, 1.82) is 0 Å². The Labute approximate surface area is 122 Å². The summed E-state index contributed by atoms with van der Waals surface area (Å²) in [4.78, 5) is 0. The van der Waals surface area contributed by atoms with Gasteiger partial charge >= 0.3 is 0 Å². The Morgan fingerprint density at radius 1 is 1.25 bits per heavy atom. The molecule has 0 bridgehead atoms. The molecule has 1 aromatic carbocycles. The van der Waals surface area contributed by atoms with Gasteiger partial charge in [0, 0.05) is 18.7 Å². The van der Waals surface area contributed by atoms with Crippen molar-refractivity contribution in [3.8, 4) is 0 Å². The van der Waals surface area contributed by atoms with Crippen LogP contribution in [-0.2, 0) is 4.74 Å². The molecule has 5 heteroatoms. The lowest BCUT2D eigenvalue weighted by Crippen LogP contribution is -2.46. The van der Waals surface area contributed by atoms with Gasteiger partial charge in [0.2, 0.25) is 0 Å². The maximum absolute atomic E-state index is 13.7. The van der Waals surface area contributed by atoms with E-state index in [1.54, 1.807) is 0 Å². The summed E-state index contributed by atoms with van der Waals surface area (Å²) < 4.78 is 32.6. The minimum atomic E-state index is -0.541. The molecule has 1 N–H and O–H groups in total. The summed E-state index contributed by atoms with van der Waals surface area (Å²) in [5, 5.41) is 3.22. The van der Waals surface area contributed by atoms with Gasteiger partial charge in [-0.2, -0.15) is 11.8 Å². The van der Waals surface area contributed by atoms with Gasteiger partial charge in [-0.05, 0) is 49.3 Å². The quantitative estimate of drug-likeness (QED) is 0.897. The van der Waals surface area contributed by atoms with Gasteiger partial charge in [0.25, 0.3) is 0 Å². The molecular weight excluding hydrogens is 280 g/mol. The summed E-state index contributed by atoms with van der Waals surface area (Å²) in [5.74, 6) is 1.21. The first-order valence-corrected chi connectivity index (χ1v) is 8.26. The van der Waals surface area contributed by atoms with E-state index in [2.05, 4.69) is 5.32 Å². The summed E-state index contributed by atoms with van der Waals surface area (Å²) in [7, 11) is 0. The molecule has 0 radical (unpaired) electrons. The summed E-state index contributed by atoms with van der Waals surface area (Å²) in [6.07, 6.45) is 3.92. The molecule has 2 nitrogen and oxygen atoms in total. The molecule has 110 valence electrons. The third-order valence-corrected chi connectivity index (χ3v) is 5.17. The van der Waals surface area contributed by atoms with Gasteiger partial charge in [0.1, 0.15) is 11.6 Å². The van der Waals surface area contributed by atoms with E-state index in [0.717, 1.165) is 43.3 Å². The number of thioether (sulfide) groups is 1. The van der Waals surface area contributed by atoms with Gasteiger partial charge in [-0.15, -0.1) is 0 Å². The zero-order valence-electron chi connectivity index (χ0n) is 11.3. The molecule has 0 aliphatic carbocycles. The molecule has 2 heterocycles. The molecule has 1 spiro atoms. The predicted molar refractivity (Wildman–Crippen MR) is 78.2 cm³/mol. The molecule has 1 aromatic rings. The van der Waals surface area contributed by atoms with Crippen LogP contribution in [0.15, 0.2) is 18.2 Å². The second-order valence-electron chi connectivity index (χ2n) is 5.60. The maximum atomic E-state index is 13.7. The van der Waals surface area contributed by atoms with Crippen molar-refractivity contribution in [2.45, 2.75) is 37.3 Å². The molecule has 0 amide bonds. The summed E-state index contributed by atoms with van der Waals surface area (Å²) >= 11 is 1.97. The molecule has 1 unspecified atom stereocenters. The lowest BCUT2D eigenvalue weighted by atomic mass is 9.85. The minimum Gasteiger partial charge on any atom is -0.380 e. The Balaban J connectivity index is 1.68. The highest BCUT2D eigenvalue weighted by Crippen LogP contribution is 2.38. The Bertz CT molecular complexity index is 471. The van der Waals surface area contributed by atoms with E-state index < -0.39 is 11.6 Å². The van der Waals surface area contributed by atoms with Gasteiger partial charge in [0.05, 0.1) is 11.3 Å². The van der Waals surface area contributed by atoms with E-state index in [1.165, 1.54) is 12.1 Å². The predicted octanol–water partition coefficient (Wildman–Crippen LogP) is 3.82. The fourth-order valence-corrected chi connectivity index (χ4v) is 4.31. The highest BCUT2D eigenvalue weighted by Gasteiger charge is 2.38. The molecule has 2 saturated heterocycles. The van der Waals surface area contributed by atoms with Gasteiger partial charge in [-0.1, -0.05) is 0 Å². The van der Waals surface area contributed by atoms with Gasteiger partial charge in [-0.25, -0.2) is 8.78 Å². The lowest BCUT2D eigenvalue weighted by Gasteiger charge is -2.43. The molecule has 1 atom stereocenters. The van der Waals surface area contributed by atoms with Gasteiger partial charge in [-0.3, -0.25) is 0 Å². The van der Waals surface area contributed by atoms with Crippen LogP contribution in [0.1, 0.15) is 25.7 Å². The number of hydrogen-bond donors (Lipinski definition) is 1. The second kappa shape index (κ2) is 5.90. The Morgan fingerprint density at radius 3 is 2.80 bits per heavy atom. The second-order valence-corrected chi connectivity index (χ2v) is 6.83. The van der Waals surface area contributed by atoms with Crippen LogP contribution in [0.4, 0.5) is 14.5 Å². The Hall–Kier alpha value is -0.810. The van der Waals surface area contributed by atoms with Crippen LogP contribution >= 0.6 is 11.8 Å². The summed E-state index contributed by atoms with van der Waals surface area (Å²) in [6.45, 7) is 0.713. The van der Waals surface area contributed by atoms with E-state index >= 15 is 0 Å². The topological polar surface area (TPSA) is 21.3 Å². The van der Waals surface area contributed by atoms with E-state index in [4.69, 9.17) is 4.74 Å². The van der Waals surface area contributed by atoms with Gasteiger partial charge < -0.3 is 10.1 Å². The molecular formula is C15H19F2NOS. The first-order chi connectivity index (χ1) is 9.67. The van der Waals surface area contributed by atoms with Crippen molar-refractivity contribution in [2.75, 3.05) is 23.4 Å². The molecule has 2 aliphatic rings. The maximum Gasteiger partial charge on any atom is 0.149 e. The van der Waals surface area contributed by atoms with Crippen molar-refractivity contribution in [3.05, 3.63) is 29.8 Å². The smallest absolute Gasteiger partial charge is 0.149 e. The van der Waals surface area contributed by atoms with E-state index in [1.807, 2.05) is 11.8 Å². The SMILES string of the molecule is Fc1ccc(NC2CCOC3(CCSCC3)C2)c(F)c1. The molecule has 2 fully saturated rings. The highest BCUT2D eigenvalue weighted by atomic mass is 32.2. The van der Waals surface area contributed by atoms with Crippen LogP contribution in [0.3, 0.4) is 0 Å². The van der Waals surface area contributed by atoms with E-state index in [-0.39, 0.29) is 11.6 Å². The van der Waals surface area contributed by atoms with Crippen molar-refractivity contribution in [1.82, 2.24) is 0 Å². The van der Waals surface area contributed by atoms with Crippen molar-refractivity contribution in [3.63, 3.8) is 0 Å². The summed E-state index contributed by atoms with van der Waals surface area (Å²) in [5.41, 5.74) is 0.358. The Kier molecular flexibility index (Phi) is 4.17. The largest absolute Gasteiger partial charge is 0.380 e.